The number of pyridine rings is 2. The first-order chi connectivity index (χ1) is 43.1. The van der Waals surface area contributed by atoms with E-state index in [0.717, 1.165) is 36.4 Å². The van der Waals surface area contributed by atoms with Crippen LogP contribution in [0, 0.1) is 0 Å². The van der Waals surface area contributed by atoms with Crippen LogP contribution in [-0.4, -0.2) is 207 Å². The van der Waals surface area contributed by atoms with Crippen LogP contribution >= 0.6 is 0 Å². The molecular weight excluding hydrogens is 1260 g/mol. The van der Waals surface area contributed by atoms with Gasteiger partial charge in [0.2, 0.25) is 11.6 Å². The maximum atomic E-state index is 12.9. The molecule has 28 heteroatoms. The van der Waals surface area contributed by atoms with Gasteiger partial charge in [-0.3, -0.25) is 30.4 Å². The van der Waals surface area contributed by atoms with E-state index in [-0.39, 0.29) is 33.6 Å². The standard InChI is InChI=1S/C32H22N6O14S4.4C8H20N/c39-31-23(15-27(55(47,48)49)21-3-1-11-33-29(21)31)37-35-19-9-7-17(25(13-19)53(41,42)43)5-6-18-8-10-20(14-26(18)54(44,45)46)36-38-24-16-28(56(50,51)52)22-4-2-12-34-30(22)32(24)40;4*1-5-9(6-2,7-3)8-4/h1-16,35-36H,(H,41,42,43)(H,44,45,46)(H,47,48,49)(H,50,51,52);4*5-8H2,1-4H3/q;4*+1/p-4/b6-5+,37-23-,38-24-;;;;. The number of rotatable bonds is 26. The molecule has 6 rings (SSSR count). The van der Waals surface area contributed by atoms with E-state index < -0.39 is 94.5 Å². The summed E-state index contributed by atoms with van der Waals surface area (Å²) in [6.45, 7) is 56.9. The highest BCUT2D eigenvalue weighted by Gasteiger charge is 2.30. The van der Waals surface area contributed by atoms with Crippen LogP contribution in [0.3, 0.4) is 0 Å². The summed E-state index contributed by atoms with van der Waals surface area (Å²) in [6.07, 6.45) is 5.72. The summed E-state index contributed by atoms with van der Waals surface area (Å²) >= 11 is 0. The van der Waals surface area contributed by atoms with Gasteiger partial charge in [0.15, 0.2) is 0 Å². The minimum Gasteiger partial charge on any atom is -0.744 e. The molecule has 0 atom stereocenters. The van der Waals surface area contributed by atoms with Gasteiger partial charge in [0, 0.05) is 23.5 Å². The summed E-state index contributed by atoms with van der Waals surface area (Å²) in [4.78, 5) is 30.0. The number of fused-ring (bicyclic) bond motifs is 2. The lowest BCUT2D eigenvalue weighted by atomic mass is 10.00. The molecule has 0 amide bonds. The highest BCUT2D eigenvalue weighted by Crippen LogP contribution is 2.31. The number of hydrogen-bond acceptors (Lipinski definition) is 20. The van der Waals surface area contributed by atoms with E-state index in [1.165, 1.54) is 171 Å². The molecule has 4 aromatic rings. The summed E-state index contributed by atoms with van der Waals surface area (Å²) in [7, 11) is -20.8. The summed E-state index contributed by atoms with van der Waals surface area (Å²) in [5, 5.41) is 7.53. The number of nitrogens with zero attached hydrogens (tertiary/aromatic N) is 8. The average molecular weight is 1360 g/mol. The fraction of sp³-hybridized carbons (Fsp3) is 0.500. The number of quaternary nitrogens is 4. The van der Waals surface area contributed by atoms with Crippen LogP contribution in [-0.2, 0) is 40.5 Å². The molecule has 92 heavy (non-hydrogen) atoms. The topological polar surface area (TPSA) is 337 Å². The van der Waals surface area contributed by atoms with Crippen molar-refractivity contribution in [1.29, 1.82) is 0 Å². The van der Waals surface area contributed by atoms with Crippen molar-refractivity contribution in [3.05, 3.63) is 119 Å². The Hall–Kier alpha value is -6.28. The van der Waals surface area contributed by atoms with E-state index in [1.54, 1.807) is 0 Å². The minimum absolute atomic E-state index is 0.214. The molecule has 0 radical (unpaired) electrons. The molecule has 2 aliphatic carbocycles. The zero-order valence-electron chi connectivity index (χ0n) is 56.5. The van der Waals surface area contributed by atoms with Gasteiger partial charge in [-0.05, 0) is 183 Å². The SMILES string of the molecule is CC[N+](CC)(CC)CC.CC[N+](CC)(CC)CC.CC[N+](CC)(CC)CC.CC[N+](CC)(CC)CC.O=C1/C(=N\Nc2ccc(/C=C/c3ccc(N/N=C4/C=C(S(=O)(=O)[O-])c5cccnc5C4=O)cc3S(=O)(=O)[O-])c(S(=O)(=O)[O-])c2)C=C(S(=O)(=O)[O-])c2cccnc21. The van der Waals surface area contributed by atoms with Crippen molar-refractivity contribution in [3.63, 3.8) is 0 Å². The molecular formula is C64H98N10O14S4. The van der Waals surface area contributed by atoms with Crippen LogP contribution in [0.15, 0.2) is 105 Å². The normalized spacial score (nSPS) is 14.7. The predicted molar refractivity (Wildman–Crippen MR) is 362 cm³/mol. The van der Waals surface area contributed by atoms with E-state index in [2.05, 4.69) is 142 Å². The summed E-state index contributed by atoms with van der Waals surface area (Å²) < 4.78 is 150. The maximum Gasteiger partial charge on any atom is 0.232 e. The Balaban J connectivity index is 0.000000645. The molecule has 0 bridgehead atoms. The summed E-state index contributed by atoms with van der Waals surface area (Å²) in [6, 6.07) is 11.1. The van der Waals surface area contributed by atoms with Crippen LogP contribution in [0.1, 0.15) is 154 Å². The largest absolute Gasteiger partial charge is 0.744 e. The number of anilines is 2. The Kier molecular flexibility index (Phi) is 32.4. The Morgan fingerprint density at radius 1 is 0.391 bits per heavy atom. The number of aromatic nitrogens is 2. The van der Waals surface area contributed by atoms with Crippen LogP contribution < -0.4 is 10.9 Å². The van der Waals surface area contributed by atoms with Gasteiger partial charge in [-0.15, -0.1) is 0 Å². The molecule has 2 aliphatic rings. The van der Waals surface area contributed by atoms with Crippen LogP contribution in [0.2, 0.25) is 0 Å². The first kappa shape index (κ1) is 81.8. The molecule has 0 spiro atoms. The molecule has 0 saturated carbocycles. The molecule has 2 aromatic carbocycles. The van der Waals surface area contributed by atoms with Gasteiger partial charge < -0.3 is 36.1 Å². The highest BCUT2D eigenvalue weighted by atomic mass is 32.2. The Bertz CT molecular complexity index is 3410. The first-order valence-corrected chi connectivity index (χ1v) is 37.0. The van der Waals surface area contributed by atoms with E-state index in [4.69, 9.17) is 0 Å². The van der Waals surface area contributed by atoms with Crippen molar-refractivity contribution >= 4 is 96.8 Å². The van der Waals surface area contributed by atoms with Crippen molar-refractivity contribution < 1.29 is 79.4 Å². The molecule has 0 unspecified atom stereocenters. The summed E-state index contributed by atoms with van der Waals surface area (Å²) in [5.41, 5.74) is 1.09. The molecule has 2 aromatic heterocycles. The van der Waals surface area contributed by atoms with Gasteiger partial charge >= 0.3 is 0 Å². The second-order valence-electron chi connectivity index (χ2n) is 21.8. The second kappa shape index (κ2) is 36.4. The number of ketones is 2. The Morgan fingerprint density at radius 2 is 0.641 bits per heavy atom. The number of hydrazone groups is 2. The number of carbonyl (C=O) groups is 2. The quantitative estimate of drug-likeness (QED) is 0.0256. The zero-order chi connectivity index (χ0) is 70.1. The first-order valence-electron chi connectivity index (χ1n) is 31.4. The van der Waals surface area contributed by atoms with Gasteiger partial charge in [-0.2, -0.15) is 10.2 Å². The van der Waals surface area contributed by atoms with Gasteiger partial charge in [0.05, 0.1) is 136 Å². The number of hydrogen-bond donors (Lipinski definition) is 2. The van der Waals surface area contributed by atoms with E-state index in [0.29, 0.717) is 12.2 Å². The molecule has 0 aliphatic heterocycles. The molecule has 512 valence electrons. The minimum atomic E-state index is -5.28. The zero-order valence-corrected chi connectivity index (χ0v) is 59.7. The van der Waals surface area contributed by atoms with Crippen molar-refractivity contribution in [2.45, 2.75) is 121 Å². The van der Waals surface area contributed by atoms with Gasteiger partial charge in [0.1, 0.15) is 63.3 Å². The van der Waals surface area contributed by atoms with Crippen LogP contribution in [0.5, 0.6) is 0 Å². The van der Waals surface area contributed by atoms with Gasteiger partial charge in [-0.1, -0.05) is 24.3 Å². The third kappa shape index (κ3) is 22.2. The van der Waals surface area contributed by atoms with E-state index in [9.17, 15) is 61.5 Å². The van der Waals surface area contributed by atoms with Crippen molar-refractivity contribution in [2.75, 3.05) is 116 Å². The number of allylic oxidation sites excluding steroid dienone is 2. The van der Waals surface area contributed by atoms with E-state index >= 15 is 0 Å². The Morgan fingerprint density at radius 3 is 0.848 bits per heavy atom. The molecule has 24 nitrogen and oxygen atoms in total. The van der Waals surface area contributed by atoms with Gasteiger partial charge in [0.25, 0.3) is 0 Å². The molecule has 0 saturated heterocycles. The van der Waals surface area contributed by atoms with Gasteiger partial charge in [-0.25, -0.2) is 33.7 Å². The predicted octanol–water partition coefficient (Wildman–Crippen LogP) is 9.09. The highest BCUT2D eigenvalue weighted by molar-refractivity contribution is 7.95. The fourth-order valence-electron chi connectivity index (χ4n) is 10.6. The second-order valence-corrected chi connectivity index (χ2v) is 27.2. The van der Waals surface area contributed by atoms with Crippen molar-refractivity contribution in [1.82, 2.24) is 9.97 Å². The molecule has 2 heterocycles. The lowest BCUT2D eigenvalue weighted by Crippen LogP contribution is -2.47. The van der Waals surface area contributed by atoms with Crippen LogP contribution in [0.4, 0.5) is 11.4 Å². The lowest BCUT2D eigenvalue weighted by Gasteiger charge is -2.34. The smallest absolute Gasteiger partial charge is 0.232 e. The molecule has 0 fully saturated rings. The Labute approximate surface area is 548 Å². The lowest BCUT2D eigenvalue weighted by molar-refractivity contribution is -0.921. The molecule has 2 N–H and O–H groups in total. The number of carbonyl (C=O) groups excluding carboxylic acids is 2. The van der Waals surface area contributed by atoms with Crippen molar-refractivity contribution in [2.24, 2.45) is 10.2 Å². The number of nitrogens with one attached hydrogen (secondary N) is 2. The number of benzene rings is 2. The van der Waals surface area contributed by atoms with Crippen molar-refractivity contribution in [3.8, 4) is 0 Å². The van der Waals surface area contributed by atoms with Crippen LogP contribution in [0.25, 0.3) is 22.0 Å². The third-order valence-electron chi connectivity index (χ3n) is 18.5. The monoisotopic (exact) mass is 1360 g/mol. The third-order valence-corrected chi connectivity index (χ3v) is 22.0. The summed E-state index contributed by atoms with van der Waals surface area (Å²) in [5.74, 6) is -1.78. The average Bonchev–Trinajstić information content (AvgIpc) is 0.798. The maximum absolute atomic E-state index is 12.9. The number of Topliss-reactive ketones (excluding diaryl/α,β-unsaturated/α-hetero) is 2. The van der Waals surface area contributed by atoms with E-state index in [1.807, 2.05) is 0 Å². The fourth-order valence-corrected chi connectivity index (χ4v) is 13.4.